The Morgan fingerprint density at radius 2 is 2.29 bits per heavy atom. The summed E-state index contributed by atoms with van der Waals surface area (Å²) in [6, 6.07) is 1.88. The Morgan fingerprint density at radius 3 is 2.93 bits per heavy atom. The van der Waals surface area contributed by atoms with E-state index in [1.807, 2.05) is 18.4 Å². The van der Waals surface area contributed by atoms with Crippen molar-refractivity contribution in [1.82, 2.24) is 9.38 Å². The molecule has 14 heavy (non-hydrogen) atoms. The zero-order chi connectivity index (χ0) is 10.3. The maximum Gasteiger partial charge on any atom is 0.276 e. The number of hydrogen-bond acceptors (Lipinski definition) is 4. The van der Waals surface area contributed by atoms with Gasteiger partial charge in [0.2, 0.25) is 0 Å². The number of aryl methyl sites for hydroxylation is 2. The van der Waals surface area contributed by atoms with E-state index >= 15 is 0 Å². The molecule has 0 unspecified atom stereocenters. The van der Waals surface area contributed by atoms with E-state index in [9.17, 15) is 4.79 Å². The van der Waals surface area contributed by atoms with Crippen molar-refractivity contribution < 1.29 is 0 Å². The topological polar surface area (TPSA) is 58.2 Å². The highest BCUT2D eigenvalue weighted by Crippen LogP contribution is 2.12. The molecule has 0 radical (unpaired) electrons. The molecule has 0 aromatic carbocycles. The van der Waals surface area contributed by atoms with Gasteiger partial charge < -0.3 is 0 Å². The van der Waals surface area contributed by atoms with Gasteiger partial charge in [-0.1, -0.05) is 0 Å². The Balaban J connectivity index is 3.07. The smallest absolute Gasteiger partial charge is 0.267 e. The molecule has 4 nitrogen and oxygen atoms in total. The summed E-state index contributed by atoms with van der Waals surface area (Å²) in [4.78, 5) is 16.6. The molecule has 70 valence electrons. The first-order valence-corrected chi connectivity index (χ1v) is 4.90. The fourth-order valence-electron chi connectivity index (χ4n) is 1.31. The van der Waals surface area contributed by atoms with Crippen LogP contribution in [-0.2, 0) is 0 Å². The van der Waals surface area contributed by atoms with Crippen LogP contribution in [0.4, 0.5) is 0 Å². The lowest BCUT2D eigenvalue weighted by Crippen LogP contribution is -2.19. The van der Waals surface area contributed by atoms with E-state index in [0.29, 0.717) is 10.7 Å². The average Bonchev–Trinajstić information content (AvgIpc) is 2.48. The SMILES string of the molecule is Cc1nc2scc(C)n2c(=O)c1C#N. The Hall–Kier alpha value is -1.67. The van der Waals surface area contributed by atoms with Crippen LogP contribution in [0.25, 0.3) is 4.96 Å². The molecule has 0 aliphatic heterocycles. The van der Waals surface area contributed by atoms with Gasteiger partial charge in [-0.25, -0.2) is 4.98 Å². The first-order chi connectivity index (χ1) is 6.65. The van der Waals surface area contributed by atoms with Crippen molar-refractivity contribution in [3.63, 3.8) is 0 Å². The summed E-state index contributed by atoms with van der Waals surface area (Å²) in [5.74, 6) is 0. The second-order valence-electron chi connectivity index (χ2n) is 2.98. The summed E-state index contributed by atoms with van der Waals surface area (Å²) >= 11 is 1.40. The normalized spacial score (nSPS) is 10.4. The zero-order valence-corrected chi connectivity index (χ0v) is 8.55. The van der Waals surface area contributed by atoms with E-state index in [2.05, 4.69) is 4.98 Å². The van der Waals surface area contributed by atoms with Crippen molar-refractivity contribution in [2.75, 3.05) is 0 Å². The lowest BCUT2D eigenvalue weighted by atomic mass is 10.2. The summed E-state index contributed by atoms with van der Waals surface area (Å²) < 4.78 is 1.47. The van der Waals surface area contributed by atoms with Crippen LogP contribution in [0.1, 0.15) is 17.0 Å². The molecular weight excluding hydrogens is 198 g/mol. The van der Waals surface area contributed by atoms with Crippen LogP contribution in [0.2, 0.25) is 0 Å². The predicted molar refractivity (Wildman–Crippen MR) is 53.5 cm³/mol. The molecule has 0 N–H and O–H groups in total. The monoisotopic (exact) mass is 205 g/mol. The minimum Gasteiger partial charge on any atom is -0.267 e. The number of rotatable bonds is 0. The third kappa shape index (κ3) is 1.05. The van der Waals surface area contributed by atoms with E-state index in [1.165, 1.54) is 15.7 Å². The van der Waals surface area contributed by atoms with Crippen molar-refractivity contribution >= 4 is 16.3 Å². The maximum atomic E-state index is 11.8. The number of aromatic nitrogens is 2. The zero-order valence-electron chi connectivity index (χ0n) is 7.74. The molecule has 2 aromatic heterocycles. The van der Waals surface area contributed by atoms with Crippen LogP contribution < -0.4 is 5.56 Å². The molecule has 0 atom stereocenters. The number of fused-ring (bicyclic) bond motifs is 1. The van der Waals surface area contributed by atoms with Gasteiger partial charge in [0.25, 0.3) is 5.56 Å². The quantitative estimate of drug-likeness (QED) is 0.650. The van der Waals surface area contributed by atoms with Crippen LogP contribution in [0.3, 0.4) is 0 Å². The molecule has 0 aliphatic rings. The van der Waals surface area contributed by atoms with Crippen molar-refractivity contribution in [2.24, 2.45) is 0 Å². The molecule has 0 fully saturated rings. The van der Waals surface area contributed by atoms with E-state index in [0.717, 1.165) is 5.69 Å². The second kappa shape index (κ2) is 2.93. The molecule has 2 heterocycles. The van der Waals surface area contributed by atoms with E-state index in [-0.39, 0.29) is 11.1 Å². The first-order valence-electron chi connectivity index (χ1n) is 4.02. The highest BCUT2D eigenvalue weighted by molar-refractivity contribution is 7.15. The van der Waals surface area contributed by atoms with E-state index < -0.39 is 0 Å². The maximum absolute atomic E-state index is 11.8. The molecule has 0 saturated heterocycles. The number of hydrogen-bond donors (Lipinski definition) is 0. The molecule has 2 rings (SSSR count). The number of nitriles is 1. The first kappa shape index (κ1) is 8.91. The van der Waals surface area contributed by atoms with Gasteiger partial charge in [0.1, 0.15) is 11.6 Å². The van der Waals surface area contributed by atoms with Gasteiger partial charge >= 0.3 is 0 Å². The number of nitrogens with zero attached hydrogens (tertiary/aromatic N) is 3. The molecule has 2 aromatic rings. The third-order valence-electron chi connectivity index (χ3n) is 2.03. The van der Waals surface area contributed by atoms with Gasteiger partial charge in [0.15, 0.2) is 4.96 Å². The van der Waals surface area contributed by atoms with Gasteiger partial charge in [0, 0.05) is 11.1 Å². The van der Waals surface area contributed by atoms with Gasteiger partial charge in [-0.2, -0.15) is 5.26 Å². The van der Waals surface area contributed by atoms with E-state index in [4.69, 9.17) is 5.26 Å². The summed E-state index contributed by atoms with van der Waals surface area (Å²) in [5, 5.41) is 10.6. The lowest BCUT2D eigenvalue weighted by molar-refractivity contribution is 0.990. The second-order valence-corrected chi connectivity index (χ2v) is 3.82. The van der Waals surface area contributed by atoms with Crippen LogP contribution in [-0.4, -0.2) is 9.38 Å². The summed E-state index contributed by atoms with van der Waals surface area (Å²) in [7, 11) is 0. The number of thiazole rings is 1. The van der Waals surface area contributed by atoms with Crippen molar-refractivity contribution in [2.45, 2.75) is 13.8 Å². The summed E-state index contributed by atoms with van der Waals surface area (Å²) in [6.45, 7) is 3.50. The Morgan fingerprint density at radius 1 is 1.57 bits per heavy atom. The molecule has 0 aliphatic carbocycles. The highest BCUT2D eigenvalue weighted by Gasteiger charge is 2.11. The van der Waals surface area contributed by atoms with Gasteiger partial charge in [-0.15, -0.1) is 11.3 Å². The summed E-state index contributed by atoms with van der Waals surface area (Å²) in [6.07, 6.45) is 0. The van der Waals surface area contributed by atoms with Crippen molar-refractivity contribution in [3.8, 4) is 6.07 Å². The minimum atomic E-state index is -0.270. The molecule has 0 spiro atoms. The van der Waals surface area contributed by atoms with Gasteiger partial charge in [0.05, 0.1) is 5.69 Å². The fraction of sp³-hybridized carbons (Fsp3) is 0.222. The average molecular weight is 205 g/mol. The molecule has 0 bridgehead atoms. The Kier molecular flexibility index (Phi) is 1.86. The molecule has 0 saturated carbocycles. The Labute approximate surface area is 84.1 Å². The molecule has 0 amide bonds. The van der Waals surface area contributed by atoms with Gasteiger partial charge in [-0.3, -0.25) is 9.20 Å². The Bertz CT molecular complexity index is 603. The van der Waals surface area contributed by atoms with Crippen molar-refractivity contribution in [3.05, 3.63) is 32.7 Å². The molecule has 5 heteroatoms. The van der Waals surface area contributed by atoms with E-state index in [1.54, 1.807) is 6.92 Å². The van der Waals surface area contributed by atoms with Crippen LogP contribution in [0, 0.1) is 25.2 Å². The van der Waals surface area contributed by atoms with Crippen LogP contribution in [0.5, 0.6) is 0 Å². The lowest BCUT2D eigenvalue weighted by Gasteiger charge is -1.98. The fourth-order valence-corrected chi connectivity index (χ4v) is 2.22. The minimum absolute atomic E-state index is 0.129. The largest absolute Gasteiger partial charge is 0.276 e. The standard InChI is InChI=1S/C9H7N3OS/c1-5-4-14-9-11-6(2)7(3-10)8(13)12(5)9/h4H,1-2H3. The predicted octanol–water partition coefficient (Wildman–Crippen LogP) is 1.24. The van der Waals surface area contributed by atoms with Gasteiger partial charge in [-0.05, 0) is 13.8 Å². The molecular formula is C9H7N3OS. The van der Waals surface area contributed by atoms with Crippen LogP contribution in [0.15, 0.2) is 10.2 Å². The summed E-state index contributed by atoms with van der Waals surface area (Å²) in [5.41, 5.74) is 1.18. The third-order valence-corrected chi connectivity index (χ3v) is 2.98. The van der Waals surface area contributed by atoms with Crippen molar-refractivity contribution in [1.29, 1.82) is 5.26 Å². The van der Waals surface area contributed by atoms with Crippen LogP contribution >= 0.6 is 11.3 Å². The highest BCUT2D eigenvalue weighted by atomic mass is 32.1.